The van der Waals surface area contributed by atoms with Crippen molar-refractivity contribution >= 4 is 52.6 Å². The number of hydrogen-bond donors (Lipinski definition) is 2. The molecule has 0 saturated carbocycles. The van der Waals surface area contributed by atoms with Crippen molar-refractivity contribution in [2.75, 3.05) is 13.1 Å². The Morgan fingerprint density at radius 3 is 2.56 bits per heavy atom. The molecule has 0 aliphatic carbocycles. The molecule has 0 bridgehead atoms. The van der Waals surface area contributed by atoms with Gasteiger partial charge in [0.05, 0.1) is 11.0 Å². The first-order chi connectivity index (χ1) is 12.7. The maximum absolute atomic E-state index is 5.93. The number of rotatable bonds is 6. The van der Waals surface area contributed by atoms with Gasteiger partial charge in [-0.15, -0.1) is 24.0 Å². The summed E-state index contributed by atoms with van der Waals surface area (Å²) in [6.07, 6.45) is 0.911. The highest BCUT2D eigenvalue weighted by Crippen LogP contribution is 2.14. The second-order valence-corrected chi connectivity index (χ2v) is 6.51. The van der Waals surface area contributed by atoms with Crippen molar-refractivity contribution in [3.05, 3.63) is 64.9 Å². The number of para-hydroxylation sites is 2. The molecule has 0 amide bonds. The zero-order chi connectivity index (χ0) is 18.4. The highest BCUT2D eigenvalue weighted by molar-refractivity contribution is 14.0. The molecule has 0 unspecified atom stereocenters. The van der Waals surface area contributed by atoms with E-state index in [1.807, 2.05) is 49.5 Å². The van der Waals surface area contributed by atoms with Gasteiger partial charge in [0.25, 0.3) is 0 Å². The molecule has 3 aromatic rings. The zero-order valence-electron chi connectivity index (χ0n) is 15.6. The van der Waals surface area contributed by atoms with E-state index in [4.69, 9.17) is 11.6 Å². The van der Waals surface area contributed by atoms with Gasteiger partial charge in [-0.3, -0.25) is 0 Å². The van der Waals surface area contributed by atoms with Gasteiger partial charge in [0, 0.05) is 25.2 Å². The van der Waals surface area contributed by atoms with Gasteiger partial charge in [-0.2, -0.15) is 0 Å². The Kier molecular flexibility index (Phi) is 8.37. The molecule has 2 N–H and O–H groups in total. The monoisotopic (exact) mass is 497 g/mol. The van der Waals surface area contributed by atoms with Crippen LogP contribution in [-0.4, -0.2) is 28.6 Å². The van der Waals surface area contributed by atoms with Crippen LogP contribution in [0.1, 0.15) is 18.3 Å². The van der Waals surface area contributed by atoms with Crippen molar-refractivity contribution < 1.29 is 0 Å². The number of aliphatic imine (C=N–C) groups is 1. The van der Waals surface area contributed by atoms with Crippen LogP contribution in [0.5, 0.6) is 0 Å². The van der Waals surface area contributed by atoms with Crippen LogP contribution in [0.15, 0.2) is 53.5 Å². The number of fused-ring (bicyclic) bond motifs is 1. The van der Waals surface area contributed by atoms with E-state index >= 15 is 0 Å². The van der Waals surface area contributed by atoms with E-state index in [1.165, 1.54) is 5.56 Å². The first-order valence-corrected chi connectivity index (χ1v) is 9.22. The summed E-state index contributed by atoms with van der Waals surface area (Å²) in [5.74, 6) is 1.75. The summed E-state index contributed by atoms with van der Waals surface area (Å²) in [7, 11) is 2.03. The van der Waals surface area contributed by atoms with E-state index < -0.39 is 0 Å². The van der Waals surface area contributed by atoms with Gasteiger partial charge in [0.1, 0.15) is 12.4 Å². The van der Waals surface area contributed by atoms with Crippen molar-refractivity contribution in [1.82, 2.24) is 20.2 Å². The number of nitrogens with one attached hydrogen (secondary N) is 2. The number of aryl methyl sites for hydroxylation is 1. The van der Waals surface area contributed by atoms with Crippen LogP contribution in [-0.2, 0) is 20.0 Å². The number of hydrogen-bond acceptors (Lipinski definition) is 2. The van der Waals surface area contributed by atoms with E-state index in [1.54, 1.807) is 0 Å². The van der Waals surface area contributed by atoms with Gasteiger partial charge in [-0.1, -0.05) is 35.9 Å². The SMILES string of the molecule is CCNC(=NCc1nc2ccccc2n1C)NCCc1ccc(Cl)cc1.I. The fourth-order valence-electron chi connectivity index (χ4n) is 2.80. The fraction of sp³-hybridized carbons (Fsp3) is 0.300. The lowest BCUT2D eigenvalue weighted by Crippen LogP contribution is -2.38. The Hall–Kier alpha value is -1.80. The highest BCUT2D eigenvalue weighted by atomic mass is 127. The van der Waals surface area contributed by atoms with Crippen molar-refractivity contribution in [2.45, 2.75) is 19.9 Å². The molecule has 0 atom stereocenters. The molecule has 5 nitrogen and oxygen atoms in total. The number of benzene rings is 2. The third kappa shape index (κ3) is 5.84. The molecule has 1 heterocycles. The van der Waals surface area contributed by atoms with E-state index in [0.717, 1.165) is 47.4 Å². The molecule has 0 saturated heterocycles. The average molecular weight is 498 g/mol. The quantitative estimate of drug-likeness (QED) is 0.306. The van der Waals surface area contributed by atoms with E-state index in [0.29, 0.717) is 6.54 Å². The Labute approximate surface area is 182 Å². The lowest BCUT2D eigenvalue weighted by Gasteiger charge is -2.11. The van der Waals surface area contributed by atoms with E-state index in [-0.39, 0.29) is 24.0 Å². The van der Waals surface area contributed by atoms with Gasteiger partial charge in [-0.25, -0.2) is 9.98 Å². The van der Waals surface area contributed by atoms with Gasteiger partial charge in [-0.05, 0) is 43.2 Å². The normalized spacial score (nSPS) is 11.3. The molecule has 0 fully saturated rings. The summed E-state index contributed by atoms with van der Waals surface area (Å²) in [6.45, 7) is 4.21. The fourth-order valence-corrected chi connectivity index (χ4v) is 2.93. The van der Waals surface area contributed by atoms with Crippen LogP contribution < -0.4 is 10.6 Å². The first kappa shape index (κ1) is 21.5. The lowest BCUT2D eigenvalue weighted by atomic mass is 10.1. The largest absolute Gasteiger partial charge is 0.357 e. The van der Waals surface area contributed by atoms with Crippen LogP contribution in [0.4, 0.5) is 0 Å². The first-order valence-electron chi connectivity index (χ1n) is 8.84. The van der Waals surface area contributed by atoms with Gasteiger partial charge < -0.3 is 15.2 Å². The predicted octanol–water partition coefficient (Wildman–Crippen LogP) is 4.14. The minimum Gasteiger partial charge on any atom is -0.357 e. The topological polar surface area (TPSA) is 54.2 Å². The molecule has 3 rings (SSSR count). The average Bonchev–Trinajstić information content (AvgIpc) is 2.97. The third-order valence-corrected chi connectivity index (χ3v) is 4.47. The number of aromatic nitrogens is 2. The van der Waals surface area contributed by atoms with Crippen LogP contribution >= 0.6 is 35.6 Å². The molecule has 7 heteroatoms. The van der Waals surface area contributed by atoms with Crippen LogP contribution in [0.25, 0.3) is 11.0 Å². The Morgan fingerprint density at radius 2 is 1.85 bits per heavy atom. The predicted molar refractivity (Wildman–Crippen MR) is 124 cm³/mol. The highest BCUT2D eigenvalue weighted by Gasteiger charge is 2.07. The molecule has 144 valence electrons. The standard InChI is InChI=1S/C20H24ClN5.HI/c1-3-22-20(23-13-12-15-8-10-16(21)11-9-15)24-14-19-25-17-6-4-5-7-18(17)26(19)2;/h4-11H,3,12-14H2,1-2H3,(H2,22,23,24);1H. The van der Waals surface area contributed by atoms with Crippen LogP contribution in [0, 0.1) is 0 Å². The molecular formula is C20H25ClIN5. The zero-order valence-corrected chi connectivity index (χ0v) is 18.7. The number of imidazole rings is 1. The van der Waals surface area contributed by atoms with Crippen LogP contribution in [0.2, 0.25) is 5.02 Å². The van der Waals surface area contributed by atoms with Crippen LogP contribution in [0.3, 0.4) is 0 Å². The van der Waals surface area contributed by atoms with E-state index in [9.17, 15) is 0 Å². The van der Waals surface area contributed by atoms with Crippen molar-refractivity contribution in [3.63, 3.8) is 0 Å². The molecule has 0 aliphatic rings. The molecule has 0 radical (unpaired) electrons. The number of nitrogens with zero attached hydrogens (tertiary/aromatic N) is 3. The lowest BCUT2D eigenvalue weighted by molar-refractivity contribution is 0.772. The van der Waals surface area contributed by atoms with Crippen molar-refractivity contribution in [2.24, 2.45) is 12.0 Å². The molecule has 1 aromatic heterocycles. The molecular weight excluding hydrogens is 473 g/mol. The molecule has 0 spiro atoms. The summed E-state index contributed by atoms with van der Waals surface area (Å²) in [5.41, 5.74) is 3.37. The number of guanidine groups is 1. The third-order valence-electron chi connectivity index (χ3n) is 4.22. The minimum atomic E-state index is 0. The Balaban J connectivity index is 0.00000261. The summed E-state index contributed by atoms with van der Waals surface area (Å²) in [4.78, 5) is 9.34. The molecule has 2 aromatic carbocycles. The maximum atomic E-state index is 5.93. The number of halogens is 2. The summed E-state index contributed by atoms with van der Waals surface area (Å²) in [5, 5.41) is 7.42. The molecule has 27 heavy (non-hydrogen) atoms. The van der Waals surface area contributed by atoms with Gasteiger partial charge in [0.15, 0.2) is 5.96 Å². The smallest absolute Gasteiger partial charge is 0.191 e. The summed E-state index contributed by atoms with van der Waals surface area (Å²) < 4.78 is 2.09. The summed E-state index contributed by atoms with van der Waals surface area (Å²) >= 11 is 5.93. The minimum absolute atomic E-state index is 0. The molecule has 0 aliphatic heterocycles. The second-order valence-electron chi connectivity index (χ2n) is 6.07. The van der Waals surface area contributed by atoms with Crippen molar-refractivity contribution in [1.29, 1.82) is 0 Å². The summed E-state index contributed by atoms with van der Waals surface area (Å²) in [6, 6.07) is 16.1. The Bertz CT molecular complexity index is 889. The Morgan fingerprint density at radius 1 is 1.11 bits per heavy atom. The van der Waals surface area contributed by atoms with Gasteiger partial charge >= 0.3 is 0 Å². The van der Waals surface area contributed by atoms with Crippen molar-refractivity contribution in [3.8, 4) is 0 Å². The van der Waals surface area contributed by atoms with Gasteiger partial charge in [0.2, 0.25) is 0 Å². The maximum Gasteiger partial charge on any atom is 0.191 e. The van der Waals surface area contributed by atoms with E-state index in [2.05, 4.69) is 38.2 Å². The second kappa shape index (κ2) is 10.5.